The lowest BCUT2D eigenvalue weighted by Crippen LogP contribution is -2.15. The summed E-state index contributed by atoms with van der Waals surface area (Å²) in [6.07, 6.45) is 3.01. The lowest BCUT2D eigenvalue weighted by molar-refractivity contribution is -0.384. The van der Waals surface area contributed by atoms with Crippen molar-refractivity contribution in [1.82, 2.24) is 9.97 Å². The third kappa shape index (κ3) is 3.08. The zero-order valence-corrected chi connectivity index (χ0v) is 15.0. The summed E-state index contributed by atoms with van der Waals surface area (Å²) in [5.74, 6) is 1.41. The second-order valence-electron chi connectivity index (χ2n) is 6.59. The van der Waals surface area contributed by atoms with E-state index in [1.807, 2.05) is 0 Å². The highest BCUT2D eigenvalue weighted by atomic mass is 32.1. The van der Waals surface area contributed by atoms with Crippen LogP contribution in [0.2, 0.25) is 0 Å². The molecular formula is C18H17N3O4S. The molecule has 7 nitrogen and oxygen atoms in total. The Balaban J connectivity index is 1.61. The van der Waals surface area contributed by atoms with E-state index in [9.17, 15) is 14.9 Å². The number of thiophene rings is 1. The van der Waals surface area contributed by atoms with Gasteiger partial charge in [0.25, 0.3) is 11.2 Å². The molecule has 2 aromatic heterocycles. The van der Waals surface area contributed by atoms with Gasteiger partial charge in [-0.1, -0.05) is 13.0 Å². The van der Waals surface area contributed by atoms with Gasteiger partial charge < -0.3 is 9.72 Å². The first-order chi connectivity index (χ1) is 12.5. The molecule has 0 saturated heterocycles. The van der Waals surface area contributed by atoms with Crippen LogP contribution < -0.4 is 10.3 Å². The molecule has 0 spiro atoms. The van der Waals surface area contributed by atoms with E-state index in [1.54, 1.807) is 23.5 Å². The summed E-state index contributed by atoms with van der Waals surface area (Å²) >= 11 is 1.58. The maximum atomic E-state index is 12.5. The van der Waals surface area contributed by atoms with E-state index in [-0.39, 0.29) is 17.9 Å². The molecule has 1 aliphatic carbocycles. The second-order valence-corrected chi connectivity index (χ2v) is 7.67. The molecule has 3 aromatic rings. The van der Waals surface area contributed by atoms with Crippen LogP contribution >= 0.6 is 11.3 Å². The van der Waals surface area contributed by atoms with Crippen molar-refractivity contribution in [3.8, 4) is 5.75 Å². The summed E-state index contributed by atoms with van der Waals surface area (Å²) < 4.78 is 5.57. The minimum Gasteiger partial charge on any atom is -0.485 e. The SMILES string of the molecule is C[C@@H]1CCc2c(sc3nc(COc4cccc([N+](=O)[O-])c4)[nH]c(=O)c23)C1. The fraction of sp³-hybridized carbons (Fsp3) is 0.333. The van der Waals surface area contributed by atoms with Gasteiger partial charge in [0.2, 0.25) is 0 Å². The Morgan fingerprint density at radius 1 is 1.46 bits per heavy atom. The van der Waals surface area contributed by atoms with Crippen molar-refractivity contribution in [2.24, 2.45) is 5.92 Å². The van der Waals surface area contributed by atoms with Crippen LogP contribution in [0.1, 0.15) is 29.6 Å². The number of hydrogen-bond donors (Lipinski definition) is 1. The van der Waals surface area contributed by atoms with E-state index < -0.39 is 4.92 Å². The number of ether oxygens (including phenoxy) is 1. The third-order valence-corrected chi connectivity index (χ3v) is 5.77. The number of hydrogen-bond acceptors (Lipinski definition) is 6. The van der Waals surface area contributed by atoms with Crippen molar-refractivity contribution in [1.29, 1.82) is 0 Å². The summed E-state index contributed by atoms with van der Waals surface area (Å²) in [6, 6.07) is 5.94. The van der Waals surface area contributed by atoms with Gasteiger partial charge in [-0.2, -0.15) is 0 Å². The highest BCUT2D eigenvalue weighted by Gasteiger charge is 2.23. The van der Waals surface area contributed by atoms with Gasteiger partial charge in [0.1, 0.15) is 23.0 Å². The van der Waals surface area contributed by atoms with E-state index in [1.165, 1.54) is 17.0 Å². The number of aromatic amines is 1. The Bertz CT molecular complexity index is 1060. The van der Waals surface area contributed by atoms with Crippen molar-refractivity contribution in [3.63, 3.8) is 0 Å². The van der Waals surface area contributed by atoms with E-state index in [2.05, 4.69) is 16.9 Å². The van der Waals surface area contributed by atoms with E-state index in [0.717, 1.165) is 29.7 Å². The van der Waals surface area contributed by atoms with Gasteiger partial charge in [0, 0.05) is 10.9 Å². The molecule has 0 fully saturated rings. The smallest absolute Gasteiger partial charge is 0.273 e. The Labute approximate surface area is 152 Å². The lowest BCUT2D eigenvalue weighted by Gasteiger charge is -2.17. The highest BCUT2D eigenvalue weighted by Crippen LogP contribution is 2.35. The molecule has 1 atom stereocenters. The molecule has 4 rings (SSSR count). The highest BCUT2D eigenvalue weighted by molar-refractivity contribution is 7.18. The zero-order valence-electron chi connectivity index (χ0n) is 14.2. The fourth-order valence-electron chi connectivity index (χ4n) is 3.30. The summed E-state index contributed by atoms with van der Waals surface area (Å²) in [5, 5.41) is 11.5. The van der Waals surface area contributed by atoms with Gasteiger partial charge in [0.15, 0.2) is 0 Å². The number of fused-ring (bicyclic) bond motifs is 3. The van der Waals surface area contributed by atoms with E-state index in [4.69, 9.17) is 4.74 Å². The zero-order chi connectivity index (χ0) is 18.3. The first-order valence-corrected chi connectivity index (χ1v) is 9.23. The summed E-state index contributed by atoms with van der Waals surface area (Å²) in [6.45, 7) is 2.27. The Kier molecular flexibility index (Phi) is 4.20. The summed E-state index contributed by atoms with van der Waals surface area (Å²) in [4.78, 5) is 32.2. The number of nitro groups is 1. The van der Waals surface area contributed by atoms with Gasteiger partial charge >= 0.3 is 0 Å². The molecule has 0 amide bonds. The third-order valence-electron chi connectivity index (χ3n) is 4.62. The van der Waals surface area contributed by atoms with E-state index >= 15 is 0 Å². The topological polar surface area (TPSA) is 98.1 Å². The molecule has 0 saturated carbocycles. The molecule has 134 valence electrons. The Hall–Kier alpha value is -2.74. The standard InChI is InChI=1S/C18H17N3O4S/c1-10-5-6-13-14(7-10)26-18-16(13)17(22)19-15(20-18)9-25-12-4-2-3-11(8-12)21(23)24/h2-4,8,10H,5-7,9H2,1H3,(H,19,20,22)/t10-/m1/s1. The van der Waals surface area contributed by atoms with Crippen LogP contribution in [-0.4, -0.2) is 14.9 Å². The number of nitrogens with one attached hydrogen (secondary N) is 1. The molecule has 26 heavy (non-hydrogen) atoms. The Morgan fingerprint density at radius 3 is 3.12 bits per heavy atom. The number of H-pyrrole nitrogens is 1. The molecule has 0 unspecified atom stereocenters. The van der Waals surface area contributed by atoms with Crippen molar-refractivity contribution in [2.75, 3.05) is 0 Å². The molecule has 0 radical (unpaired) electrons. The number of nitro benzene ring substituents is 1. The first-order valence-electron chi connectivity index (χ1n) is 8.42. The molecule has 8 heteroatoms. The van der Waals surface area contributed by atoms with Crippen LogP contribution in [0, 0.1) is 16.0 Å². The number of nitrogens with zero attached hydrogens (tertiary/aromatic N) is 2. The quantitative estimate of drug-likeness (QED) is 0.558. The van der Waals surface area contributed by atoms with Crippen LogP contribution in [0.15, 0.2) is 29.1 Å². The number of non-ortho nitro benzene ring substituents is 1. The fourth-order valence-corrected chi connectivity index (χ4v) is 4.70. The monoisotopic (exact) mass is 371 g/mol. The molecule has 2 heterocycles. The maximum absolute atomic E-state index is 12.5. The summed E-state index contributed by atoms with van der Waals surface area (Å²) in [7, 11) is 0. The van der Waals surface area contributed by atoms with Crippen LogP contribution in [0.5, 0.6) is 5.75 Å². The van der Waals surface area contributed by atoms with Gasteiger partial charge in [-0.05, 0) is 36.8 Å². The largest absolute Gasteiger partial charge is 0.485 e. The predicted molar refractivity (Wildman–Crippen MR) is 98.9 cm³/mol. The second kappa shape index (κ2) is 6.53. The average Bonchev–Trinajstić information content (AvgIpc) is 2.97. The van der Waals surface area contributed by atoms with Crippen molar-refractivity contribution >= 4 is 27.2 Å². The van der Waals surface area contributed by atoms with Crippen LogP contribution in [0.3, 0.4) is 0 Å². The molecule has 0 bridgehead atoms. The van der Waals surface area contributed by atoms with Crippen molar-refractivity contribution < 1.29 is 9.66 Å². The van der Waals surface area contributed by atoms with Crippen molar-refractivity contribution in [3.05, 3.63) is 61.0 Å². The molecule has 1 N–H and O–H groups in total. The van der Waals surface area contributed by atoms with Gasteiger partial charge in [-0.25, -0.2) is 4.98 Å². The number of benzene rings is 1. The molecule has 1 aliphatic rings. The Morgan fingerprint density at radius 2 is 2.31 bits per heavy atom. The van der Waals surface area contributed by atoms with Gasteiger partial charge in [-0.15, -0.1) is 11.3 Å². The maximum Gasteiger partial charge on any atom is 0.273 e. The summed E-state index contributed by atoms with van der Waals surface area (Å²) in [5.41, 5.74) is 0.960. The van der Waals surface area contributed by atoms with Gasteiger partial charge in [0.05, 0.1) is 16.4 Å². The first kappa shape index (κ1) is 16.7. The average molecular weight is 371 g/mol. The molecular weight excluding hydrogens is 354 g/mol. The molecule has 1 aromatic carbocycles. The van der Waals surface area contributed by atoms with Crippen molar-refractivity contribution in [2.45, 2.75) is 32.8 Å². The number of aromatic nitrogens is 2. The normalized spacial score (nSPS) is 16.4. The van der Waals surface area contributed by atoms with Crippen LogP contribution in [0.25, 0.3) is 10.2 Å². The minimum absolute atomic E-state index is 0.0422. The van der Waals surface area contributed by atoms with E-state index in [0.29, 0.717) is 22.9 Å². The predicted octanol–water partition coefficient (Wildman–Crippen LogP) is 3.60. The minimum atomic E-state index is -0.476. The number of rotatable bonds is 4. The van der Waals surface area contributed by atoms with Gasteiger partial charge in [-0.3, -0.25) is 14.9 Å². The van der Waals surface area contributed by atoms with Crippen LogP contribution in [-0.2, 0) is 19.4 Å². The lowest BCUT2D eigenvalue weighted by atomic mass is 9.89. The molecule has 0 aliphatic heterocycles. The van der Waals surface area contributed by atoms with Crippen LogP contribution in [0.4, 0.5) is 5.69 Å². The number of aryl methyl sites for hydroxylation is 1.